The molecular weight excluding hydrogens is 380 g/mol. The number of ether oxygens (including phenoxy) is 1. The van der Waals surface area contributed by atoms with E-state index in [2.05, 4.69) is 48.9 Å². The summed E-state index contributed by atoms with van der Waals surface area (Å²) in [5.41, 5.74) is 3.31. The van der Waals surface area contributed by atoms with E-state index in [0.29, 0.717) is 6.61 Å². The van der Waals surface area contributed by atoms with Crippen LogP contribution >= 0.6 is 12.6 Å². The molecule has 158 valence electrons. The third-order valence-electron chi connectivity index (χ3n) is 4.03. The molecule has 2 rings (SSSR count). The van der Waals surface area contributed by atoms with Gasteiger partial charge in [-0.3, -0.25) is 4.79 Å². The fraction of sp³-hybridized carbons (Fsp3) is 0.375. The Bertz CT molecular complexity index is 720. The molecule has 5 heteroatoms. The quantitative estimate of drug-likeness (QED) is 0.331. The van der Waals surface area contributed by atoms with Crippen LogP contribution in [0.2, 0.25) is 0 Å². The number of hydrogen-bond acceptors (Lipinski definition) is 4. The molecule has 0 saturated carbocycles. The molecule has 0 radical (unpaired) electrons. The molecule has 4 nitrogen and oxygen atoms in total. The van der Waals surface area contributed by atoms with Crippen LogP contribution in [0.1, 0.15) is 38.2 Å². The van der Waals surface area contributed by atoms with Gasteiger partial charge in [0, 0.05) is 24.0 Å². The van der Waals surface area contributed by atoms with Crippen LogP contribution in [-0.2, 0) is 4.79 Å². The molecule has 0 aromatic heterocycles. The Morgan fingerprint density at radius 2 is 1.83 bits per heavy atom. The van der Waals surface area contributed by atoms with Crippen molar-refractivity contribution >= 4 is 24.2 Å². The van der Waals surface area contributed by atoms with Gasteiger partial charge in [0.1, 0.15) is 5.75 Å². The van der Waals surface area contributed by atoms with Gasteiger partial charge in [-0.2, -0.15) is 12.6 Å². The van der Waals surface area contributed by atoms with Crippen LogP contribution < -0.4 is 15.4 Å². The lowest BCUT2D eigenvalue weighted by atomic mass is 10.1. The Labute approximate surface area is 181 Å². The van der Waals surface area contributed by atoms with E-state index in [-0.39, 0.29) is 11.7 Å². The zero-order valence-electron chi connectivity index (χ0n) is 17.6. The number of carbonyl (C=O) groups is 1. The molecule has 2 aromatic carbocycles. The lowest BCUT2D eigenvalue weighted by Gasteiger charge is -2.11. The van der Waals surface area contributed by atoms with Crippen LogP contribution in [0.3, 0.4) is 0 Å². The second-order valence-corrected chi connectivity index (χ2v) is 6.98. The summed E-state index contributed by atoms with van der Waals surface area (Å²) < 4.78 is 5.47. The first-order chi connectivity index (χ1) is 14.0. The molecule has 0 atom stereocenters. The number of benzene rings is 2. The predicted molar refractivity (Wildman–Crippen MR) is 127 cm³/mol. The average Bonchev–Trinajstić information content (AvgIpc) is 2.72. The van der Waals surface area contributed by atoms with Crippen molar-refractivity contribution in [3.63, 3.8) is 0 Å². The second-order valence-electron chi connectivity index (χ2n) is 6.66. The Hall–Kier alpha value is -2.40. The molecule has 0 unspecified atom stereocenters. The molecule has 0 aliphatic heterocycles. The van der Waals surface area contributed by atoms with Gasteiger partial charge in [0.05, 0.1) is 12.4 Å². The minimum atomic E-state index is -0.0106. The van der Waals surface area contributed by atoms with Gasteiger partial charge < -0.3 is 15.4 Å². The van der Waals surface area contributed by atoms with Crippen LogP contribution in [0, 0.1) is 6.92 Å². The lowest BCUT2D eigenvalue weighted by molar-refractivity contribution is -0.118. The maximum atomic E-state index is 11.0. The summed E-state index contributed by atoms with van der Waals surface area (Å²) in [4.78, 5) is 11.0. The van der Waals surface area contributed by atoms with Crippen molar-refractivity contribution in [1.82, 2.24) is 5.32 Å². The molecule has 0 heterocycles. The summed E-state index contributed by atoms with van der Waals surface area (Å²) in [5.74, 6) is 1.10. The first-order valence-corrected chi connectivity index (χ1v) is 10.7. The molecule has 2 N–H and O–H groups in total. The highest BCUT2D eigenvalue weighted by atomic mass is 32.1. The van der Waals surface area contributed by atoms with Gasteiger partial charge in [-0.15, -0.1) is 0 Å². The third-order valence-corrected chi connectivity index (χ3v) is 4.31. The molecule has 2 aromatic rings. The van der Waals surface area contributed by atoms with Crippen molar-refractivity contribution in [1.29, 1.82) is 0 Å². The minimum Gasteiger partial charge on any atom is -0.494 e. The monoisotopic (exact) mass is 414 g/mol. The topological polar surface area (TPSA) is 50.4 Å². The average molecular weight is 415 g/mol. The SMILES string of the molecule is C=C(CCCCCNC(=O)CS)Nc1cccc(OCC)c1.Cc1ccccc1. The Kier molecular flexibility index (Phi) is 13.2. The number of carbonyl (C=O) groups excluding carboxylic acids is 1. The van der Waals surface area contributed by atoms with Crippen LogP contribution in [-0.4, -0.2) is 24.8 Å². The molecule has 0 bridgehead atoms. The molecule has 0 saturated heterocycles. The summed E-state index contributed by atoms with van der Waals surface area (Å²) >= 11 is 3.91. The normalized spacial score (nSPS) is 9.76. The first-order valence-electron chi connectivity index (χ1n) is 10.1. The number of amides is 1. The van der Waals surface area contributed by atoms with Gasteiger partial charge in [-0.25, -0.2) is 0 Å². The number of rotatable bonds is 11. The minimum absolute atomic E-state index is 0.0106. The molecule has 0 fully saturated rings. The van der Waals surface area contributed by atoms with Crippen LogP contribution in [0.4, 0.5) is 5.69 Å². The van der Waals surface area contributed by atoms with Crippen molar-refractivity contribution < 1.29 is 9.53 Å². The van der Waals surface area contributed by atoms with E-state index in [1.807, 2.05) is 49.4 Å². The number of anilines is 1. The van der Waals surface area contributed by atoms with Crippen LogP contribution in [0.5, 0.6) is 5.75 Å². The summed E-state index contributed by atoms with van der Waals surface area (Å²) in [6.45, 7) is 9.49. The molecule has 1 amide bonds. The summed E-state index contributed by atoms with van der Waals surface area (Å²) in [6, 6.07) is 18.1. The summed E-state index contributed by atoms with van der Waals surface area (Å²) in [6.07, 6.45) is 4.01. The molecule has 29 heavy (non-hydrogen) atoms. The number of aryl methyl sites for hydroxylation is 1. The van der Waals surface area contributed by atoms with Crippen LogP contribution in [0.15, 0.2) is 66.9 Å². The van der Waals surface area contributed by atoms with Gasteiger partial charge in [0.15, 0.2) is 0 Å². The van der Waals surface area contributed by atoms with E-state index in [1.165, 1.54) is 5.56 Å². The van der Waals surface area contributed by atoms with Crippen molar-refractivity contribution in [3.05, 3.63) is 72.4 Å². The largest absolute Gasteiger partial charge is 0.494 e. The van der Waals surface area contributed by atoms with E-state index in [0.717, 1.165) is 49.4 Å². The number of unbranched alkanes of at least 4 members (excludes halogenated alkanes) is 2. The maximum absolute atomic E-state index is 11.0. The first kappa shape index (κ1) is 24.6. The molecule has 0 spiro atoms. The highest BCUT2D eigenvalue weighted by Crippen LogP contribution is 2.19. The number of nitrogens with one attached hydrogen (secondary N) is 2. The van der Waals surface area contributed by atoms with Crippen molar-refractivity contribution in [2.45, 2.75) is 39.5 Å². The standard InChI is InChI=1S/C17H26N2O2S.C7H8/c1-3-21-16-10-7-9-15(12-16)19-14(2)8-5-4-6-11-18-17(20)13-22;1-7-5-3-2-4-6-7/h7,9-10,12,19,22H,2-6,8,11,13H2,1H3,(H,18,20);2-6H,1H3. The highest BCUT2D eigenvalue weighted by Gasteiger charge is 2.00. The van der Waals surface area contributed by atoms with Gasteiger partial charge in [0.25, 0.3) is 0 Å². The van der Waals surface area contributed by atoms with E-state index in [9.17, 15) is 4.79 Å². The van der Waals surface area contributed by atoms with E-state index in [4.69, 9.17) is 4.74 Å². The summed E-state index contributed by atoms with van der Waals surface area (Å²) in [5, 5.41) is 6.12. The number of thiol groups is 1. The number of hydrogen-bond donors (Lipinski definition) is 3. The third kappa shape index (κ3) is 12.6. The van der Waals surface area contributed by atoms with Crippen LogP contribution in [0.25, 0.3) is 0 Å². The van der Waals surface area contributed by atoms with Crippen molar-refractivity contribution in [3.8, 4) is 5.75 Å². The van der Waals surface area contributed by atoms with E-state index in [1.54, 1.807) is 0 Å². The highest BCUT2D eigenvalue weighted by molar-refractivity contribution is 7.81. The molecular formula is C24H34N2O2S. The van der Waals surface area contributed by atoms with Gasteiger partial charge >= 0.3 is 0 Å². The zero-order valence-corrected chi connectivity index (χ0v) is 18.5. The van der Waals surface area contributed by atoms with Crippen molar-refractivity contribution in [2.24, 2.45) is 0 Å². The predicted octanol–water partition coefficient (Wildman–Crippen LogP) is 5.61. The Morgan fingerprint density at radius 1 is 1.07 bits per heavy atom. The zero-order chi connectivity index (χ0) is 21.3. The van der Waals surface area contributed by atoms with Gasteiger partial charge in [-0.1, -0.05) is 55.0 Å². The Balaban J connectivity index is 0.000000502. The Morgan fingerprint density at radius 3 is 2.45 bits per heavy atom. The lowest BCUT2D eigenvalue weighted by Crippen LogP contribution is -2.25. The van der Waals surface area contributed by atoms with Gasteiger partial charge in [0.2, 0.25) is 5.91 Å². The smallest absolute Gasteiger partial charge is 0.229 e. The fourth-order valence-electron chi connectivity index (χ4n) is 2.56. The number of allylic oxidation sites excluding steroid dienone is 1. The maximum Gasteiger partial charge on any atom is 0.229 e. The molecule has 0 aliphatic rings. The molecule has 0 aliphatic carbocycles. The van der Waals surface area contributed by atoms with Gasteiger partial charge in [-0.05, 0) is 45.2 Å². The fourth-order valence-corrected chi connectivity index (χ4v) is 2.67. The van der Waals surface area contributed by atoms with E-state index < -0.39 is 0 Å². The van der Waals surface area contributed by atoms with Crippen molar-refractivity contribution in [2.75, 3.05) is 24.2 Å². The second kappa shape index (κ2) is 15.5. The summed E-state index contributed by atoms with van der Waals surface area (Å²) in [7, 11) is 0. The van der Waals surface area contributed by atoms with E-state index >= 15 is 0 Å².